The van der Waals surface area contributed by atoms with Gasteiger partial charge in [-0.2, -0.15) is 0 Å². The highest BCUT2D eigenvalue weighted by molar-refractivity contribution is 6.59. The summed E-state index contributed by atoms with van der Waals surface area (Å²) in [4.78, 5) is 30.6. The molecule has 1 atom stereocenters. The molecule has 34 heavy (non-hydrogen) atoms. The van der Waals surface area contributed by atoms with Crippen molar-refractivity contribution in [1.82, 2.24) is 9.55 Å². The van der Waals surface area contributed by atoms with E-state index < -0.39 is 18.7 Å². The molecule has 2 aliphatic rings. The Hall–Kier alpha value is -3.53. The van der Waals surface area contributed by atoms with Crippen LogP contribution in [-0.4, -0.2) is 37.8 Å². The van der Waals surface area contributed by atoms with Crippen LogP contribution in [0.3, 0.4) is 0 Å². The maximum atomic E-state index is 13.4. The summed E-state index contributed by atoms with van der Waals surface area (Å²) in [6, 6.07) is 10.8. The molecule has 0 saturated heterocycles. The molecule has 4 heterocycles. The van der Waals surface area contributed by atoms with E-state index in [1.54, 1.807) is 29.7 Å². The number of fused-ring (bicyclic) bond motifs is 7. The zero-order valence-electron chi connectivity index (χ0n) is 18.6. The molecule has 0 saturated carbocycles. The van der Waals surface area contributed by atoms with Gasteiger partial charge in [-0.25, -0.2) is 9.78 Å². The summed E-state index contributed by atoms with van der Waals surface area (Å²) >= 11 is 0. The second kappa shape index (κ2) is 6.99. The Kier molecular flexibility index (Phi) is 4.32. The van der Waals surface area contributed by atoms with Crippen LogP contribution in [0.15, 0.2) is 41.2 Å². The van der Waals surface area contributed by atoms with Gasteiger partial charge < -0.3 is 24.5 Å². The number of rotatable bonds is 2. The number of aliphatic hydroxyl groups is 1. The van der Waals surface area contributed by atoms with E-state index in [-0.39, 0.29) is 29.7 Å². The third-order valence-electron chi connectivity index (χ3n) is 7.27. The first-order chi connectivity index (χ1) is 16.2. The summed E-state index contributed by atoms with van der Waals surface area (Å²) in [6.45, 7) is 3.78. The van der Waals surface area contributed by atoms with E-state index >= 15 is 0 Å². The van der Waals surface area contributed by atoms with Crippen LogP contribution in [-0.2, 0) is 28.3 Å². The minimum absolute atomic E-state index is 0.0871. The highest BCUT2D eigenvalue weighted by Crippen LogP contribution is 2.41. The largest absolute Gasteiger partial charge is 0.488 e. The van der Waals surface area contributed by atoms with E-state index in [4.69, 9.17) is 9.72 Å². The third kappa shape index (κ3) is 2.63. The van der Waals surface area contributed by atoms with Crippen molar-refractivity contribution in [3.63, 3.8) is 0 Å². The van der Waals surface area contributed by atoms with Crippen molar-refractivity contribution in [3.05, 3.63) is 69.0 Å². The van der Waals surface area contributed by atoms with E-state index in [0.717, 1.165) is 27.3 Å². The molecule has 0 unspecified atom stereocenters. The fourth-order valence-corrected chi connectivity index (χ4v) is 5.31. The highest BCUT2D eigenvalue weighted by atomic mass is 16.6. The molecule has 0 amide bonds. The van der Waals surface area contributed by atoms with Crippen molar-refractivity contribution in [2.75, 3.05) is 0 Å². The standard InChI is InChI=1S/C25H21BN2O6/c1-3-25(31)18-9-20-22-16(10-28(20)23(29)17(18)11-34-24(25)30)12(2)21-15-8-14(26(32)33)6-4-13(15)5-7-19(21)27-22/h4-9,31-33H,3,10-11H2,1-2H3/t25-/m0/s1. The van der Waals surface area contributed by atoms with Crippen LogP contribution in [0.4, 0.5) is 0 Å². The summed E-state index contributed by atoms with van der Waals surface area (Å²) in [5.41, 5.74) is 2.51. The molecule has 8 nitrogen and oxygen atoms in total. The van der Waals surface area contributed by atoms with Crippen LogP contribution in [0, 0.1) is 6.92 Å². The fraction of sp³-hybridized carbons (Fsp3) is 0.240. The maximum Gasteiger partial charge on any atom is 0.488 e. The molecular weight excluding hydrogens is 435 g/mol. The molecule has 9 heteroatoms. The van der Waals surface area contributed by atoms with Gasteiger partial charge in [0.05, 0.1) is 29.0 Å². The zero-order valence-corrected chi connectivity index (χ0v) is 18.6. The predicted molar refractivity (Wildman–Crippen MR) is 127 cm³/mol. The predicted octanol–water partition coefficient (Wildman–Crippen LogP) is 1.22. The van der Waals surface area contributed by atoms with Crippen LogP contribution in [0.1, 0.15) is 35.6 Å². The van der Waals surface area contributed by atoms with Gasteiger partial charge in [0.15, 0.2) is 5.60 Å². The van der Waals surface area contributed by atoms with E-state index in [2.05, 4.69) is 0 Å². The van der Waals surface area contributed by atoms with Gasteiger partial charge in [0.2, 0.25) is 0 Å². The van der Waals surface area contributed by atoms with Gasteiger partial charge in [0.25, 0.3) is 5.56 Å². The van der Waals surface area contributed by atoms with E-state index in [0.29, 0.717) is 28.9 Å². The van der Waals surface area contributed by atoms with E-state index in [1.807, 2.05) is 25.1 Å². The molecule has 2 aliphatic heterocycles. The number of aromatic nitrogens is 2. The number of cyclic esters (lactones) is 1. The fourth-order valence-electron chi connectivity index (χ4n) is 5.31. The van der Waals surface area contributed by atoms with Gasteiger partial charge >= 0.3 is 13.1 Å². The number of hydrogen-bond donors (Lipinski definition) is 3. The van der Waals surface area contributed by atoms with Gasteiger partial charge in [-0.1, -0.05) is 31.2 Å². The second-order valence-corrected chi connectivity index (χ2v) is 8.98. The molecule has 0 spiro atoms. The molecule has 2 aromatic carbocycles. The van der Waals surface area contributed by atoms with E-state index in [1.165, 1.54) is 0 Å². The summed E-state index contributed by atoms with van der Waals surface area (Å²) in [6.07, 6.45) is 0.0871. The first-order valence-corrected chi connectivity index (χ1v) is 11.1. The van der Waals surface area contributed by atoms with Gasteiger partial charge in [-0.15, -0.1) is 0 Å². The molecule has 170 valence electrons. The topological polar surface area (TPSA) is 122 Å². The number of pyridine rings is 2. The number of nitrogens with zero attached hydrogens (tertiary/aromatic N) is 2. The normalized spacial score (nSPS) is 18.6. The molecule has 0 bridgehead atoms. The summed E-state index contributed by atoms with van der Waals surface area (Å²) in [7, 11) is -1.58. The first-order valence-electron chi connectivity index (χ1n) is 11.1. The van der Waals surface area contributed by atoms with Crippen LogP contribution < -0.4 is 11.0 Å². The molecule has 3 N–H and O–H groups in total. The minimum Gasteiger partial charge on any atom is -0.458 e. The summed E-state index contributed by atoms with van der Waals surface area (Å²) in [5.74, 6) is -0.749. The Bertz CT molecular complexity index is 1630. The molecule has 2 aromatic heterocycles. The molecular formula is C25H21BN2O6. The highest BCUT2D eigenvalue weighted by Gasteiger charge is 2.45. The maximum absolute atomic E-state index is 13.4. The van der Waals surface area contributed by atoms with Crippen LogP contribution in [0.25, 0.3) is 33.1 Å². The van der Waals surface area contributed by atoms with Gasteiger partial charge in [0, 0.05) is 16.5 Å². The average Bonchev–Trinajstić information content (AvgIpc) is 3.20. The molecule has 4 aromatic rings. The summed E-state index contributed by atoms with van der Waals surface area (Å²) in [5, 5.41) is 33.0. The quantitative estimate of drug-likeness (QED) is 0.208. The second-order valence-electron chi connectivity index (χ2n) is 8.98. The number of carbonyl (C=O) groups is 1. The summed E-state index contributed by atoms with van der Waals surface area (Å²) < 4.78 is 6.75. The van der Waals surface area contributed by atoms with Crippen molar-refractivity contribution < 1.29 is 24.7 Å². The van der Waals surface area contributed by atoms with Crippen LogP contribution in [0.2, 0.25) is 0 Å². The number of ether oxygens (including phenoxy) is 1. The van der Waals surface area contributed by atoms with Gasteiger partial charge in [-0.3, -0.25) is 4.79 Å². The Balaban J connectivity index is 1.65. The monoisotopic (exact) mass is 456 g/mol. The number of carbonyl (C=O) groups excluding carboxylic acids is 1. The lowest BCUT2D eigenvalue weighted by molar-refractivity contribution is -0.172. The van der Waals surface area contributed by atoms with Crippen molar-refractivity contribution >= 4 is 40.2 Å². The lowest BCUT2D eigenvalue weighted by Gasteiger charge is -2.31. The van der Waals surface area contributed by atoms with Crippen molar-refractivity contribution in [1.29, 1.82) is 0 Å². The number of benzene rings is 2. The number of hydrogen-bond acceptors (Lipinski definition) is 7. The molecule has 0 radical (unpaired) electrons. The minimum atomic E-state index is -1.87. The average molecular weight is 456 g/mol. The van der Waals surface area contributed by atoms with Crippen molar-refractivity contribution in [3.8, 4) is 11.4 Å². The molecule has 0 aliphatic carbocycles. The van der Waals surface area contributed by atoms with Gasteiger partial charge in [0.1, 0.15) is 6.61 Å². The zero-order chi connectivity index (χ0) is 23.9. The van der Waals surface area contributed by atoms with Crippen molar-refractivity contribution in [2.24, 2.45) is 0 Å². The Morgan fingerprint density at radius 1 is 1.15 bits per heavy atom. The van der Waals surface area contributed by atoms with Crippen LogP contribution in [0.5, 0.6) is 0 Å². The molecule has 0 fully saturated rings. The Morgan fingerprint density at radius 2 is 1.91 bits per heavy atom. The van der Waals surface area contributed by atoms with Gasteiger partial charge in [-0.05, 0) is 47.3 Å². The Labute approximate surface area is 194 Å². The molecule has 6 rings (SSSR count). The number of esters is 1. The SMILES string of the molecule is CC[C@@]1(O)C(=O)OCc2c1cc1n(c2=O)Cc2c-1nc1ccc3ccc(B(O)O)cc3c1c2C. The lowest BCUT2D eigenvalue weighted by atomic mass is 9.79. The smallest absolute Gasteiger partial charge is 0.458 e. The number of aryl methyl sites for hydroxylation is 1. The van der Waals surface area contributed by atoms with E-state index in [9.17, 15) is 24.7 Å². The third-order valence-corrected chi connectivity index (χ3v) is 7.27. The first kappa shape index (κ1) is 21.0. The Morgan fingerprint density at radius 3 is 2.65 bits per heavy atom. The van der Waals surface area contributed by atoms with Crippen LogP contribution >= 0.6 is 0 Å². The van der Waals surface area contributed by atoms with Crippen molar-refractivity contribution in [2.45, 2.75) is 39.0 Å². The lowest BCUT2D eigenvalue weighted by Crippen LogP contribution is -2.44.